The minimum absolute atomic E-state index is 0.301. The zero-order valence-corrected chi connectivity index (χ0v) is 11.7. The first-order valence-corrected chi connectivity index (χ1v) is 6.71. The van der Waals surface area contributed by atoms with E-state index in [0.29, 0.717) is 11.7 Å². The molecule has 1 atom stereocenters. The summed E-state index contributed by atoms with van der Waals surface area (Å²) in [6.07, 6.45) is 3.22. The summed E-state index contributed by atoms with van der Waals surface area (Å²) >= 11 is 0. The lowest BCUT2D eigenvalue weighted by atomic mass is 9.95. The van der Waals surface area contributed by atoms with E-state index in [1.165, 1.54) is 0 Å². The molecule has 5 heteroatoms. The van der Waals surface area contributed by atoms with E-state index >= 15 is 0 Å². The van der Waals surface area contributed by atoms with E-state index in [1.807, 2.05) is 20.8 Å². The smallest absolute Gasteiger partial charge is 0.246 e. The van der Waals surface area contributed by atoms with Crippen LogP contribution < -0.4 is 5.32 Å². The zero-order valence-electron chi connectivity index (χ0n) is 11.7. The van der Waals surface area contributed by atoms with Gasteiger partial charge in [-0.3, -0.25) is 0 Å². The predicted octanol–water partition coefficient (Wildman–Crippen LogP) is 2.33. The van der Waals surface area contributed by atoms with E-state index in [9.17, 15) is 0 Å². The maximum atomic E-state index is 5.83. The van der Waals surface area contributed by atoms with Crippen molar-refractivity contribution in [3.63, 3.8) is 0 Å². The Hall–Kier alpha value is -0.940. The highest BCUT2D eigenvalue weighted by molar-refractivity contribution is 5.05. The van der Waals surface area contributed by atoms with E-state index in [4.69, 9.17) is 9.26 Å². The van der Waals surface area contributed by atoms with Gasteiger partial charge in [0.2, 0.25) is 11.7 Å². The number of ether oxygens (including phenoxy) is 1. The number of hydrogen-bond acceptors (Lipinski definition) is 5. The van der Waals surface area contributed by atoms with Gasteiger partial charge in [-0.15, -0.1) is 0 Å². The highest BCUT2D eigenvalue weighted by Gasteiger charge is 2.37. The third kappa shape index (κ3) is 2.57. The zero-order chi connectivity index (χ0) is 13.2. The second-order valence-corrected chi connectivity index (χ2v) is 5.61. The largest absolute Gasteiger partial charge is 0.367 e. The molecule has 0 aliphatic carbocycles. The molecule has 0 saturated carbocycles. The lowest BCUT2D eigenvalue weighted by Crippen LogP contribution is -2.37. The fourth-order valence-corrected chi connectivity index (χ4v) is 2.32. The Labute approximate surface area is 108 Å². The molecular formula is C13H23N3O2. The molecule has 1 aliphatic rings. The van der Waals surface area contributed by atoms with Crippen LogP contribution in [0.4, 0.5) is 0 Å². The Balaban J connectivity index is 2.19. The normalized spacial score (nSPS) is 25.3. The van der Waals surface area contributed by atoms with Gasteiger partial charge in [0, 0.05) is 6.61 Å². The van der Waals surface area contributed by atoms with Gasteiger partial charge in [-0.25, -0.2) is 0 Å². The highest BCUT2D eigenvalue weighted by atomic mass is 16.5. The van der Waals surface area contributed by atoms with Crippen molar-refractivity contribution >= 4 is 0 Å². The molecule has 1 fully saturated rings. The first-order chi connectivity index (χ1) is 8.48. The van der Waals surface area contributed by atoms with Crippen molar-refractivity contribution in [2.75, 3.05) is 13.2 Å². The van der Waals surface area contributed by atoms with E-state index in [1.54, 1.807) is 0 Å². The quantitative estimate of drug-likeness (QED) is 0.892. The van der Waals surface area contributed by atoms with Crippen molar-refractivity contribution in [1.29, 1.82) is 0 Å². The van der Waals surface area contributed by atoms with Crippen molar-refractivity contribution in [3.8, 4) is 0 Å². The Morgan fingerprint density at radius 1 is 1.39 bits per heavy atom. The van der Waals surface area contributed by atoms with Crippen molar-refractivity contribution in [2.24, 2.45) is 0 Å². The minimum Gasteiger partial charge on any atom is -0.367 e. The predicted molar refractivity (Wildman–Crippen MR) is 68.2 cm³/mol. The Kier molecular flexibility index (Phi) is 3.73. The van der Waals surface area contributed by atoms with Gasteiger partial charge in [0.05, 0.1) is 5.54 Å². The minimum atomic E-state index is -0.387. The third-order valence-corrected chi connectivity index (χ3v) is 3.52. The van der Waals surface area contributed by atoms with Crippen LogP contribution in [-0.4, -0.2) is 23.3 Å². The second-order valence-electron chi connectivity index (χ2n) is 5.61. The van der Waals surface area contributed by atoms with Gasteiger partial charge in [-0.05, 0) is 46.6 Å². The molecule has 0 amide bonds. The van der Waals surface area contributed by atoms with Crippen molar-refractivity contribution in [3.05, 3.63) is 11.7 Å². The molecule has 0 aromatic carbocycles. The molecule has 5 nitrogen and oxygen atoms in total. The van der Waals surface area contributed by atoms with E-state index in [0.717, 1.165) is 32.4 Å². The molecule has 0 bridgehead atoms. The van der Waals surface area contributed by atoms with E-state index < -0.39 is 0 Å². The van der Waals surface area contributed by atoms with Crippen molar-refractivity contribution in [2.45, 2.75) is 58.1 Å². The molecule has 0 spiro atoms. The summed E-state index contributed by atoms with van der Waals surface area (Å²) in [5.74, 6) is 1.29. The molecule has 1 N–H and O–H groups in total. The van der Waals surface area contributed by atoms with Crippen LogP contribution in [0.1, 0.15) is 58.7 Å². The van der Waals surface area contributed by atoms with Crippen LogP contribution in [-0.2, 0) is 15.9 Å². The van der Waals surface area contributed by atoms with Crippen molar-refractivity contribution < 1.29 is 9.26 Å². The highest BCUT2D eigenvalue weighted by Crippen LogP contribution is 2.33. The van der Waals surface area contributed by atoms with E-state index in [-0.39, 0.29) is 11.1 Å². The molecule has 0 radical (unpaired) electrons. The van der Waals surface area contributed by atoms with Crippen LogP contribution in [0.2, 0.25) is 0 Å². The summed E-state index contributed by atoms with van der Waals surface area (Å²) in [6.45, 7) is 9.82. The van der Waals surface area contributed by atoms with Crippen LogP contribution in [0.25, 0.3) is 0 Å². The van der Waals surface area contributed by atoms with Crippen LogP contribution in [0, 0.1) is 0 Å². The average molecular weight is 253 g/mol. The molecule has 1 aromatic rings. The van der Waals surface area contributed by atoms with Gasteiger partial charge in [-0.2, -0.15) is 4.98 Å². The number of nitrogens with zero attached hydrogens (tertiary/aromatic N) is 2. The lowest BCUT2D eigenvalue weighted by molar-refractivity contribution is -0.0770. The van der Waals surface area contributed by atoms with Crippen LogP contribution in [0.15, 0.2) is 4.52 Å². The van der Waals surface area contributed by atoms with Crippen LogP contribution in [0.3, 0.4) is 0 Å². The molecule has 1 unspecified atom stereocenters. The Morgan fingerprint density at radius 3 is 2.78 bits per heavy atom. The monoisotopic (exact) mass is 253 g/mol. The summed E-state index contributed by atoms with van der Waals surface area (Å²) in [4.78, 5) is 4.53. The van der Waals surface area contributed by atoms with Gasteiger partial charge in [0.15, 0.2) is 0 Å². The molecule has 2 rings (SSSR count). The number of aromatic nitrogens is 2. The molecule has 2 heterocycles. The first kappa shape index (κ1) is 13.5. The van der Waals surface area contributed by atoms with Crippen LogP contribution in [0.5, 0.6) is 0 Å². The maximum absolute atomic E-state index is 5.83. The SMILES string of the molecule is CCNC(C)(C)c1nc(C2(C)CCCCO2)no1. The topological polar surface area (TPSA) is 60.2 Å². The molecule has 1 aliphatic heterocycles. The van der Waals surface area contributed by atoms with Gasteiger partial charge >= 0.3 is 0 Å². The maximum Gasteiger partial charge on any atom is 0.246 e. The number of rotatable bonds is 4. The molecule has 18 heavy (non-hydrogen) atoms. The third-order valence-electron chi connectivity index (χ3n) is 3.52. The lowest BCUT2D eigenvalue weighted by Gasteiger charge is -2.30. The molecular weight excluding hydrogens is 230 g/mol. The van der Waals surface area contributed by atoms with Gasteiger partial charge in [0.1, 0.15) is 5.60 Å². The van der Waals surface area contributed by atoms with Gasteiger partial charge in [0.25, 0.3) is 0 Å². The molecule has 1 saturated heterocycles. The van der Waals surface area contributed by atoms with Gasteiger partial charge < -0.3 is 14.6 Å². The second kappa shape index (κ2) is 4.97. The molecule has 1 aromatic heterocycles. The standard InChI is InChI=1S/C13H23N3O2/c1-5-14-12(2,3)11-15-10(16-18-11)13(4)8-6-7-9-17-13/h14H,5-9H2,1-4H3. The molecule has 102 valence electrons. The summed E-state index contributed by atoms with van der Waals surface area (Å²) in [5, 5.41) is 7.44. The summed E-state index contributed by atoms with van der Waals surface area (Å²) in [5.41, 5.74) is -0.687. The summed E-state index contributed by atoms with van der Waals surface area (Å²) in [7, 11) is 0. The number of hydrogen-bond donors (Lipinski definition) is 1. The van der Waals surface area contributed by atoms with Gasteiger partial charge in [-0.1, -0.05) is 12.1 Å². The first-order valence-electron chi connectivity index (χ1n) is 6.71. The van der Waals surface area contributed by atoms with Crippen LogP contribution >= 0.6 is 0 Å². The summed E-state index contributed by atoms with van der Waals surface area (Å²) < 4.78 is 11.2. The van der Waals surface area contributed by atoms with Crippen molar-refractivity contribution in [1.82, 2.24) is 15.5 Å². The fourth-order valence-electron chi connectivity index (χ4n) is 2.32. The number of nitrogens with one attached hydrogen (secondary N) is 1. The average Bonchev–Trinajstić information content (AvgIpc) is 2.80. The Bertz CT molecular complexity index is 395. The fraction of sp³-hybridized carbons (Fsp3) is 0.846. The summed E-state index contributed by atoms with van der Waals surface area (Å²) in [6, 6.07) is 0. The van der Waals surface area contributed by atoms with E-state index in [2.05, 4.69) is 22.4 Å². The Morgan fingerprint density at radius 2 is 2.17 bits per heavy atom.